The van der Waals surface area contributed by atoms with Crippen LogP contribution in [0.3, 0.4) is 0 Å². The highest BCUT2D eigenvalue weighted by molar-refractivity contribution is 5.94. The normalized spacial score (nSPS) is 11.4. The molecule has 0 fully saturated rings. The molecule has 2 nitrogen and oxygen atoms in total. The van der Waals surface area contributed by atoms with Crippen molar-refractivity contribution in [2.75, 3.05) is 5.32 Å². The first-order valence-electron chi connectivity index (χ1n) is 6.90. The number of carbonyl (C=O) groups excluding carboxylic acids is 1. The summed E-state index contributed by atoms with van der Waals surface area (Å²) >= 11 is 0. The average Bonchev–Trinajstić information content (AvgIpc) is 2.39. The van der Waals surface area contributed by atoms with Gasteiger partial charge in [0, 0.05) is 5.69 Å². The summed E-state index contributed by atoms with van der Waals surface area (Å²) in [5.74, 6) is -1.94. The number of halogens is 3. The lowest BCUT2D eigenvalue weighted by Crippen LogP contribution is -2.29. The van der Waals surface area contributed by atoms with Crippen LogP contribution in [0, 0.1) is 0 Å². The van der Waals surface area contributed by atoms with Crippen LogP contribution in [0.15, 0.2) is 24.3 Å². The fourth-order valence-corrected chi connectivity index (χ4v) is 1.89. The SMILES string of the molecule is CCCCCCCc1ccc(NC(=O)C(F)(F)F)cc1. The molecular weight excluding hydrogens is 267 g/mol. The third-order valence-electron chi connectivity index (χ3n) is 3.04. The minimum absolute atomic E-state index is 0.169. The lowest BCUT2D eigenvalue weighted by molar-refractivity contribution is -0.167. The molecule has 0 aliphatic rings. The number of aryl methyl sites for hydroxylation is 1. The van der Waals surface area contributed by atoms with Crippen LogP contribution < -0.4 is 5.32 Å². The van der Waals surface area contributed by atoms with E-state index in [1.807, 2.05) is 5.32 Å². The molecule has 1 aromatic carbocycles. The standard InChI is InChI=1S/C15H20F3NO/c1-2-3-4-5-6-7-12-8-10-13(11-9-12)19-14(20)15(16,17)18/h8-11H,2-7H2,1H3,(H,19,20). The Morgan fingerprint density at radius 1 is 1.05 bits per heavy atom. The van der Waals surface area contributed by atoms with E-state index in [-0.39, 0.29) is 5.69 Å². The van der Waals surface area contributed by atoms with Gasteiger partial charge in [-0.1, -0.05) is 44.7 Å². The fourth-order valence-electron chi connectivity index (χ4n) is 1.89. The summed E-state index contributed by atoms with van der Waals surface area (Å²) in [5.41, 5.74) is 1.24. The van der Waals surface area contributed by atoms with E-state index in [1.54, 1.807) is 12.1 Å². The number of hydrogen-bond donors (Lipinski definition) is 1. The Morgan fingerprint density at radius 2 is 1.65 bits per heavy atom. The predicted molar refractivity (Wildman–Crippen MR) is 73.6 cm³/mol. The molecule has 1 rings (SSSR count). The number of amides is 1. The van der Waals surface area contributed by atoms with Crippen LogP contribution in [-0.4, -0.2) is 12.1 Å². The van der Waals surface area contributed by atoms with Gasteiger partial charge in [-0.05, 0) is 30.5 Å². The van der Waals surface area contributed by atoms with Crippen LogP contribution >= 0.6 is 0 Å². The number of nitrogens with one attached hydrogen (secondary N) is 1. The van der Waals surface area contributed by atoms with Crippen molar-refractivity contribution in [2.24, 2.45) is 0 Å². The number of rotatable bonds is 7. The van der Waals surface area contributed by atoms with Crippen molar-refractivity contribution in [1.82, 2.24) is 0 Å². The van der Waals surface area contributed by atoms with E-state index in [4.69, 9.17) is 0 Å². The second-order valence-corrected chi connectivity index (χ2v) is 4.81. The molecule has 1 N–H and O–H groups in total. The molecule has 1 amide bonds. The third kappa shape index (κ3) is 6.08. The highest BCUT2D eigenvalue weighted by Crippen LogP contribution is 2.19. The van der Waals surface area contributed by atoms with Gasteiger partial charge in [0.1, 0.15) is 0 Å². The first-order chi connectivity index (χ1) is 9.43. The highest BCUT2D eigenvalue weighted by Gasteiger charge is 2.38. The summed E-state index contributed by atoms with van der Waals surface area (Å²) in [6, 6.07) is 6.52. The second-order valence-electron chi connectivity index (χ2n) is 4.81. The molecule has 112 valence electrons. The van der Waals surface area contributed by atoms with E-state index in [9.17, 15) is 18.0 Å². The summed E-state index contributed by atoms with van der Waals surface area (Å²) in [6.07, 6.45) is 1.97. The minimum atomic E-state index is -4.85. The van der Waals surface area contributed by atoms with E-state index >= 15 is 0 Å². The van der Waals surface area contributed by atoms with Gasteiger partial charge in [-0.3, -0.25) is 4.79 Å². The molecule has 20 heavy (non-hydrogen) atoms. The summed E-state index contributed by atoms with van der Waals surface area (Å²) in [6.45, 7) is 2.16. The number of hydrogen-bond acceptors (Lipinski definition) is 1. The molecule has 0 bridgehead atoms. The monoisotopic (exact) mass is 287 g/mol. The van der Waals surface area contributed by atoms with Crippen LogP contribution in [0.4, 0.5) is 18.9 Å². The second kappa shape index (κ2) is 7.92. The van der Waals surface area contributed by atoms with Gasteiger partial charge in [-0.25, -0.2) is 0 Å². The smallest absolute Gasteiger partial charge is 0.318 e. The molecule has 5 heteroatoms. The van der Waals surface area contributed by atoms with E-state index in [0.717, 1.165) is 18.4 Å². The van der Waals surface area contributed by atoms with Gasteiger partial charge < -0.3 is 5.32 Å². The van der Waals surface area contributed by atoms with Gasteiger partial charge in [0.2, 0.25) is 0 Å². The third-order valence-corrected chi connectivity index (χ3v) is 3.04. The van der Waals surface area contributed by atoms with Gasteiger partial charge >= 0.3 is 12.1 Å². The van der Waals surface area contributed by atoms with Crippen LogP contribution in [0.25, 0.3) is 0 Å². The molecule has 0 heterocycles. The van der Waals surface area contributed by atoms with Crippen LogP contribution in [0.1, 0.15) is 44.6 Å². The Kier molecular flexibility index (Phi) is 6.55. The highest BCUT2D eigenvalue weighted by atomic mass is 19.4. The van der Waals surface area contributed by atoms with E-state index < -0.39 is 12.1 Å². The van der Waals surface area contributed by atoms with Crippen molar-refractivity contribution in [3.05, 3.63) is 29.8 Å². The zero-order valence-corrected chi connectivity index (χ0v) is 11.6. The van der Waals surface area contributed by atoms with E-state index in [0.29, 0.717) is 0 Å². The van der Waals surface area contributed by atoms with Crippen molar-refractivity contribution in [1.29, 1.82) is 0 Å². The molecule has 0 atom stereocenters. The average molecular weight is 287 g/mol. The maximum atomic E-state index is 12.1. The lowest BCUT2D eigenvalue weighted by Gasteiger charge is -2.08. The molecule has 0 saturated heterocycles. The summed E-state index contributed by atoms with van der Waals surface area (Å²) in [5, 5.41) is 1.83. The number of carbonyl (C=O) groups is 1. The predicted octanol–water partition coefficient (Wildman–Crippen LogP) is 4.70. The first-order valence-corrected chi connectivity index (χ1v) is 6.90. The molecule has 0 saturated carbocycles. The van der Waals surface area contributed by atoms with Gasteiger partial charge in [0.25, 0.3) is 0 Å². The number of alkyl halides is 3. The van der Waals surface area contributed by atoms with Crippen molar-refractivity contribution in [3.63, 3.8) is 0 Å². The fraction of sp³-hybridized carbons (Fsp3) is 0.533. The topological polar surface area (TPSA) is 29.1 Å². The molecule has 0 unspecified atom stereocenters. The first kappa shape index (κ1) is 16.5. The Bertz CT molecular complexity index is 412. The Labute approximate surface area is 117 Å². The maximum absolute atomic E-state index is 12.1. The molecular formula is C15H20F3NO. The summed E-state index contributed by atoms with van der Waals surface area (Å²) in [7, 11) is 0. The molecule has 0 aliphatic carbocycles. The van der Waals surface area contributed by atoms with Gasteiger partial charge in [0.05, 0.1) is 0 Å². The quantitative estimate of drug-likeness (QED) is 0.723. The van der Waals surface area contributed by atoms with Crippen LogP contribution in [0.2, 0.25) is 0 Å². The van der Waals surface area contributed by atoms with Crippen LogP contribution in [-0.2, 0) is 11.2 Å². The zero-order chi connectivity index (χ0) is 15.0. The summed E-state index contributed by atoms with van der Waals surface area (Å²) in [4.78, 5) is 10.8. The van der Waals surface area contributed by atoms with Crippen molar-refractivity contribution < 1.29 is 18.0 Å². The Morgan fingerprint density at radius 3 is 2.20 bits per heavy atom. The van der Waals surface area contributed by atoms with E-state index in [1.165, 1.54) is 37.8 Å². The van der Waals surface area contributed by atoms with Crippen molar-refractivity contribution in [3.8, 4) is 0 Å². The molecule has 0 aromatic heterocycles. The molecule has 0 spiro atoms. The Hall–Kier alpha value is -1.52. The van der Waals surface area contributed by atoms with Gasteiger partial charge in [-0.2, -0.15) is 13.2 Å². The minimum Gasteiger partial charge on any atom is -0.318 e. The number of anilines is 1. The van der Waals surface area contributed by atoms with Crippen molar-refractivity contribution in [2.45, 2.75) is 51.6 Å². The van der Waals surface area contributed by atoms with Gasteiger partial charge in [0.15, 0.2) is 0 Å². The largest absolute Gasteiger partial charge is 0.471 e. The zero-order valence-electron chi connectivity index (χ0n) is 11.6. The van der Waals surface area contributed by atoms with Crippen LogP contribution in [0.5, 0.6) is 0 Å². The number of benzene rings is 1. The van der Waals surface area contributed by atoms with Crippen molar-refractivity contribution >= 4 is 11.6 Å². The lowest BCUT2D eigenvalue weighted by atomic mass is 10.1. The molecule has 1 aromatic rings. The van der Waals surface area contributed by atoms with E-state index in [2.05, 4.69) is 6.92 Å². The molecule has 0 aliphatic heterocycles. The maximum Gasteiger partial charge on any atom is 0.471 e. The Balaban J connectivity index is 2.39. The van der Waals surface area contributed by atoms with Gasteiger partial charge in [-0.15, -0.1) is 0 Å². The number of unbranched alkanes of at least 4 members (excludes halogenated alkanes) is 4. The molecule has 0 radical (unpaired) electrons. The summed E-state index contributed by atoms with van der Waals surface area (Å²) < 4.78 is 36.2.